The molecule has 0 saturated carbocycles. The highest BCUT2D eigenvalue weighted by Gasteiger charge is 2.26. The average molecular weight is 469 g/mol. The SMILES string of the molecule is COC(=O)c1c(NC(=S)Nc2c(C)nn(Cc3ccccc3C)c2C)sc2c1CCCC2. The molecule has 168 valence electrons. The number of rotatable bonds is 5. The van der Waals surface area contributed by atoms with Crippen LogP contribution in [-0.2, 0) is 24.1 Å². The number of nitrogens with one attached hydrogen (secondary N) is 2. The number of benzene rings is 1. The molecule has 6 nitrogen and oxygen atoms in total. The lowest BCUT2D eigenvalue weighted by Crippen LogP contribution is -2.21. The van der Waals surface area contributed by atoms with Crippen LogP contribution in [0, 0.1) is 20.8 Å². The highest BCUT2D eigenvalue weighted by Crippen LogP contribution is 2.38. The summed E-state index contributed by atoms with van der Waals surface area (Å²) >= 11 is 7.22. The Kier molecular flexibility index (Phi) is 6.62. The number of hydrogen-bond donors (Lipinski definition) is 2. The number of methoxy groups -OCH3 is 1. The van der Waals surface area contributed by atoms with Crippen LogP contribution in [0.1, 0.15) is 56.2 Å². The number of carbonyl (C=O) groups excluding carboxylic acids is 1. The van der Waals surface area contributed by atoms with Gasteiger partial charge < -0.3 is 15.4 Å². The van der Waals surface area contributed by atoms with E-state index in [9.17, 15) is 4.79 Å². The Morgan fingerprint density at radius 1 is 1.19 bits per heavy atom. The number of fused-ring (bicyclic) bond motifs is 1. The molecule has 0 amide bonds. The fourth-order valence-electron chi connectivity index (χ4n) is 4.20. The minimum Gasteiger partial charge on any atom is -0.465 e. The van der Waals surface area contributed by atoms with Gasteiger partial charge in [0.05, 0.1) is 36.3 Å². The van der Waals surface area contributed by atoms with E-state index in [1.165, 1.54) is 23.1 Å². The van der Waals surface area contributed by atoms with Crippen LogP contribution in [0.4, 0.5) is 10.7 Å². The molecule has 0 radical (unpaired) electrons. The molecule has 0 bridgehead atoms. The van der Waals surface area contributed by atoms with Crippen molar-refractivity contribution in [1.82, 2.24) is 9.78 Å². The lowest BCUT2D eigenvalue weighted by molar-refractivity contribution is 0.0601. The summed E-state index contributed by atoms with van der Waals surface area (Å²) in [5.74, 6) is -0.312. The predicted octanol–water partition coefficient (Wildman–Crippen LogP) is 5.39. The zero-order valence-corrected chi connectivity index (χ0v) is 20.5. The summed E-state index contributed by atoms with van der Waals surface area (Å²) in [6, 6.07) is 8.32. The first-order valence-electron chi connectivity index (χ1n) is 10.8. The Morgan fingerprint density at radius 2 is 1.94 bits per heavy atom. The van der Waals surface area contributed by atoms with E-state index in [-0.39, 0.29) is 5.97 Å². The molecule has 2 heterocycles. The van der Waals surface area contributed by atoms with E-state index in [1.54, 1.807) is 11.3 Å². The van der Waals surface area contributed by atoms with Crippen LogP contribution >= 0.6 is 23.6 Å². The molecule has 3 aromatic rings. The maximum Gasteiger partial charge on any atom is 0.341 e. The van der Waals surface area contributed by atoms with Crippen LogP contribution in [0.3, 0.4) is 0 Å². The van der Waals surface area contributed by atoms with Crippen LogP contribution in [0.25, 0.3) is 0 Å². The second kappa shape index (κ2) is 9.42. The molecule has 8 heteroatoms. The van der Waals surface area contributed by atoms with Gasteiger partial charge in [0, 0.05) is 4.88 Å². The second-order valence-electron chi connectivity index (χ2n) is 8.12. The van der Waals surface area contributed by atoms with Crippen LogP contribution in [-0.4, -0.2) is 28.0 Å². The van der Waals surface area contributed by atoms with Crippen molar-refractivity contribution in [2.45, 2.75) is 53.0 Å². The van der Waals surface area contributed by atoms with Gasteiger partial charge >= 0.3 is 5.97 Å². The molecule has 1 aliphatic carbocycles. The monoisotopic (exact) mass is 468 g/mol. The van der Waals surface area contributed by atoms with Crippen LogP contribution < -0.4 is 10.6 Å². The lowest BCUT2D eigenvalue weighted by Gasteiger charge is -2.13. The zero-order chi connectivity index (χ0) is 22.8. The molecule has 0 spiro atoms. The zero-order valence-electron chi connectivity index (χ0n) is 18.9. The lowest BCUT2D eigenvalue weighted by atomic mass is 9.95. The molecule has 32 heavy (non-hydrogen) atoms. The number of anilines is 2. The van der Waals surface area contributed by atoms with Crippen molar-refractivity contribution in [1.29, 1.82) is 0 Å². The summed E-state index contributed by atoms with van der Waals surface area (Å²) < 4.78 is 7.05. The van der Waals surface area contributed by atoms with Crippen molar-refractivity contribution in [2.24, 2.45) is 0 Å². The maximum atomic E-state index is 12.5. The van der Waals surface area contributed by atoms with Crippen molar-refractivity contribution >= 4 is 45.3 Å². The highest BCUT2D eigenvalue weighted by atomic mass is 32.1. The number of nitrogens with zero attached hydrogens (tertiary/aromatic N) is 2. The number of carbonyl (C=O) groups is 1. The van der Waals surface area contributed by atoms with Crippen LogP contribution in [0.5, 0.6) is 0 Å². The largest absolute Gasteiger partial charge is 0.465 e. The average Bonchev–Trinajstić information content (AvgIpc) is 3.26. The Balaban J connectivity index is 1.54. The highest BCUT2D eigenvalue weighted by molar-refractivity contribution is 7.80. The number of thiocarbonyl (C=S) groups is 1. The number of ether oxygens (including phenoxy) is 1. The molecule has 0 unspecified atom stereocenters. The van der Waals surface area contributed by atoms with Gasteiger partial charge in [-0.15, -0.1) is 11.3 Å². The van der Waals surface area contributed by atoms with Crippen molar-refractivity contribution in [3.63, 3.8) is 0 Å². The van der Waals surface area contributed by atoms with E-state index in [0.29, 0.717) is 17.2 Å². The minimum atomic E-state index is -0.312. The molecule has 2 aromatic heterocycles. The van der Waals surface area contributed by atoms with Gasteiger partial charge in [0.2, 0.25) is 0 Å². The first kappa shape index (κ1) is 22.5. The summed E-state index contributed by atoms with van der Waals surface area (Å²) in [6.07, 6.45) is 4.14. The topological polar surface area (TPSA) is 68.2 Å². The van der Waals surface area contributed by atoms with E-state index >= 15 is 0 Å². The summed E-state index contributed by atoms with van der Waals surface area (Å²) in [5.41, 5.74) is 6.97. The number of aryl methyl sites for hydroxylation is 3. The summed E-state index contributed by atoms with van der Waals surface area (Å²) in [6.45, 7) is 6.81. The molecule has 0 aliphatic heterocycles. The molecular formula is C24H28N4O2S2. The van der Waals surface area contributed by atoms with Crippen LogP contribution in [0.15, 0.2) is 24.3 Å². The van der Waals surface area contributed by atoms with Crippen molar-refractivity contribution in [3.8, 4) is 0 Å². The smallest absolute Gasteiger partial charge is 0.341 e. The number of esters is 1. The first-order valence-corrected chi connectivity index (χ1v) is 12.0. The van der Waals surface area contributed by atoms with Gasteiger partial charge in [-0.05, 0) is 75.4 Å². The Hall–Kier alpha value is -2.71. The number of hydrogen-bond acceptors (Lipinski definition) is 5. The third-order valence-corrected chi connectivity index (χ3v) is 7.40. The van der Waals surface area contributed by atoms with Gasteiger partial charge in [0.1, 0.15) is 5.00 Å². The fraction of sp³-hybridized carbons (Fsp3) is 0.375. The Bertz CT molecular complexity index is 1180. The molecule has 0 atom stereocenters. The van der Waals surface area contributed by atoms with E-state index in [2.05, 4.69) is 29.7 Å². The predicted molar refractivity (Wildman–Crippen MR) is 134 cm³/mol. The van der Waals surface area contributed by atoms with E-state index in [1.807, 2.05) is 30.7 Å². The molecule has 0 fully saturated rings. The first-order chi connectivity index (χ1) is 15.4. The van der Waals surface area contributed by atoms with Crippen molar-refractivity contribution in [3.05, 3.63) is 62.8 Å². The molecule has 1 aromatic carbocycles. The Morgan fingerprint density at radius 3 is 2.69 bits per heavy atom. The van der Waals surface area contributed by atoms with Crippen LogP contribution in [0.2, 0.25) is 0 Å². The molecule has 0 saturated heterocycles. The fourth-order valence-corrected chi connectivity index (χ4v) is 5.75. The maximum absolute atomic E-state index is 12.5. The van der Waals surface area contributed by atoms with Gasteiger partial charge in [0.15, 0.2) is 5.11 Å². The number of thiophene rings is 1. The van der Waals surface area contributed by atoms with Crippen molar-refractivity contribution in [2.75, 3.05) is 17.7 Å². The van der Waals surface area contributed by atoms with Gasteiger partial charge in [-0.25, -0.2) is 4.79 Å². The second-order valence-corrected chi connectivity index (χ2v) is 9.63. The third kappa shape index (κ3) is 4.42. The third-order valence-electron chi connectivity index (χ3n) is 5.99. The van der Waals surface area contributed by atoms with Gasteiger partial charge in [0.25, 0.3) is 0 Å². The summed E-state index contributed by atoms with van der Waals surface area (Å²) in [7, 11) is 1.42. The molecular weight excluding hydrogens is 440 g/mol. The normalized spacial score (nSPS) is 12.9. The molecule has 4 rings (SSSR count). The standard InChI is InChI=1S/C24H28N4O2S2/c1-14-9-5-6-10-17(14)13-28-16(3)21(15(2)27-28)25-24(31)26-22-20(23(29)30-4)18-11-7-8-12-19(18)32-22/h5-6,9-10H,7-8,11-13H2,1-4H3,(H2,25,26,31). The van der Waals surface area contributed by atoms with E-state index < -0.39 is 0 Å². The Labute approximate surface area is 198 Å². The quantitative estimate of drug-likeness (QED) is 0.386. The van der Waals surface area contributed by atoms with Crippen molar-refractivity contribution < 1.29 is 9.53 Å². The van der Waals surface area contributed by atoms with Gasteiger partial charge in [-0.2, -0.15) is 5.10 Å². The van der Waals surface area contributed by atoms with Gasteiger partial charge in [-0.1, -0.05) is 24.3 Å². The molecule has 1 aliphatic rings. The summed E-state index contributed by atoms with van der Waals surface area (Å²) in [4.78, 5) is 13.7. The van der Waals surface area contributed by atoms with Gasteiger partial charge in [-0.3, -0.25) is 4.68 Å². The summed E-state index contributed by atoms with van der Waals surface area (Å²) in [5, 5.41) is 12.5. The minimum absolute atomic E-state index is 0.312. The van der Waals surface area contributed by atoms with E-state index in [4.69, 9.17) is 22.1 Å². The number of aromatic nitrogens is 2. The van der Waals surface area contributed by atoms with E-state index in [0.717, 1.165) is 53.3 Å². The molecule has 2 N–H and O–H groups in total.